The van der Waals surface area contributed by atoms with E-state index in [1.54, 1.807) is 18.6 Å². The maximum atomic E-state index is 12.0. The molecule has 0 spiro atoms. The lowest BCUT2D eigenvalue weighted by Gasteiger charge is -2.17. The molecule has 0 aliphatic rings. The van der Waals surface area contributed by atoms with E-state index >= 15 is 0 Å². The number of aryl methyl sites for hydroxylation is 2. The topological polar surface area (TPSA) is 59.8 Å². The second-order valence-corrected chi connectivity index (χ2v) is 4.73. The molecule has 2 aromatic rings. The Morgan fingerprint density at radius 1 is 1.35 bits per heavy atom. The van der Waals surface area contributed by atoms with Crippen molar-refractivity contribution in [1.29, 1.82) is 0 Å². The number of pyridine rings is 1. The highest BCUT2D eigenvalue weighted by Gasteiger charge is 2.12. The highest BCUT2D eigenvalue weighted by atomic mass is 16.1. The molecule has 2 heterocycles. The van der Waals surface area contributed by atoms with Gasteiger partial charge >= 0.3 is 0 Å². The molecular weight excluding hydrogens is 252 g/mol. The van der Waals surface area contributed by atoms with Crippen LogP contribution >= 0.6 is 0 Å². The van der Waals surface area contributed by atoms with Crippen LogP contribution in [0.5, 0.6) is 0 Å². The second-order valence-electron chi connectivity index (χ2n) is 4.73. The Kier molecular flexibility index (Phi) is 4.87. The van der Waals surface area contributed by atoms with Crippen LogP contribution in [-0.2, 0) is 11.3 Å². The quantitative estimate of drug-likeness (QED) is 0.877. The van der Waals surface area contributed by atoms with Gasteiger partial charge in [-0.05, 0) is 31.0 Å². The van der Waals surface area contributed by atoms with Crippen LogP contribution in [0.25, 0.3) is 0 Å². The lowest BCUT2D eigenvalue weighted by atomic mass is 10.1. The Hall–Kier alpha value is -2.17. The van der Waals surface area contributed by atoms with Crippen molar-refractivity contribution in [1.82, 2.24) is 19.9 Å². The maximum absolute atomic E-state index is 12.0. The van der Waals surface area contributed by atoms with Crippen molar-refractivity contribution in [3.8, 4) is 0 Å². The first kappa shape index (κ1) is 14.2. The molecule has 0 aromatic carbocycles. The Morgan fingerprint density at radius 3 is 2.70 bits per heavy atom. The summed E-state index contributed by atoms with van der Waals surface area (Å²) in [6, 6.07) is 3.93. The summed E-state index contributed by atoms with van der Waals surface area (Å²) in [5, 5.41) is 3.06. The molecule has 0 saturated carbocycles. The van der Waals surface area contributed by atoms with Crippen molar-refractivity contribution in [2.75, 3.05) is 0 Å². The van der Waals surface area contributed by atoms with E-state index in [1.165, 1.54) is 0 Å². The average molecular weight is 272 g/mol. The zero-order chi connectivity index (χ0) is 14.4. The van der Waals surface area contributed by atoms with Gasteiger partial charge in [-0.1, -0.05) is 6.92 Å². The number of carbonyl (C=O) groups excluding carboxylic acids is 1. The van der Waals surface area contributed by atoms with E-state index in [1.807, 2.05) is 29.8 Å². The summed E-state index contributed by atoms with van der Waals surface area (Å²) in [4.78, 5) is 20.2. The van der Waals surface area contributed by atoms with E-state index in [0.29, 0.717) is 13.0 Å². The molecule has 0 radical (unpaired) electrons. The summed E-state index contributed by atoms with van der Waals surface area (Å²) in [7, 11) is 0. The number of aromatic nitrogens is 3. The van der Waals surface area contributed by atoms with E-state index in [-0.39, 0.29) is 11.9 Å². The Labute approximate surface area is 119 Å². The number of rotatable bonds is 6. The number of nitrogens with zero attached hydrogens (tertiary/aromatic N) is 3. The SMILES string of the molecule is CC[C@@H](NC(=O)CCn1ccnc1C)c1ccncc1. The van der Waals surface area contributed by atoms with E-state index < -0.39 is 0 Å². The monoisotopic (exact) mass is 272 g/mol. The van der Waals surface area contributed by atoms with Gasteiger partial charge < -0.3 is 9.88 Å². The molecule has 1 amide bonds. The minimum Gasteiger partial charge on any atom is -0.349 e. The van der Waals surface area contributed by atoms with Gasteiger partial charge in [-0.3, -0.25) is 9.78 Å². The number of nitrogens with one attached hydrogen (secondary N) is 1. The molecule has 2 rings (SSSR count). The summed E-state index contributed by atoms with van der Waals surface area (Å²) >= 11 is 0. The third-order valence-corrected chi connectivity index (χ3v) is 3.36. The van der Waals surface area contributed by atoms with Crippen LogP contribution in [0.4, 0.5) is 0 Å². The van der Waals surface area contributed by atoms with Gasteiger partial charge in [-0.15, -0.1) is 0 Å². The van der Waals surface area contributed by atoms with Crippen LogP contribution in [-0.4, -0.2) is 20.4 Å². The molecule has 0 aliphatic carbocycles. The van der Waals surface area contributed by atoms with Crippen LogP contribution in [0.1, 0.15) is 37.2 Å². The zero-order valence-electron chi connectivity index (χ0n) is 11.9. The number of hydrogen-bond donors (Lipinski definition) is 1. The molecule has 0 aliphatic heterocycles. The minimum atomic E-state index is 0.0504. The van der Waals surface area contributed by atoms with Gasteiger partial charge in [0, 0.05) is 37.8 Å². The zero-order valence-corrected chi connectivity index (χ0v) is 11.9. The smallest absolute Gasteiger partial charge is 0.222 e. The molecule has 5 heteroatoms. The first-order valence-corrected chi connectivity index (χ1v) is 6.87. The molecule has 20 heavy (non-hydrogen) atoms. The minimum absolute atomic E-state index is 0.0504. The lowest BCUT2D eigenvalue weighted by molar-refractivity contribution is -0.122. The molecule has 1 N–H and O–H groups in total. The van der Waals surface area contributed by atoms with Crippen LogP contribution in [0.3, 0.4) is 0 Å². The Morgan fingerprint density at radius 2 is 2.10 bits per heavy atom. The fourth-order valence-corrected chi connectivity index (χ4v) is 2.15. The second kappa shape index (κ2) is 6.84. The summed E-state index contributed by atoms with van der Waals surface area (Å²) < 4.78 is 1.98. The highest BCUT2D eigenvalue weighted by Crippen LogP contribution is 2.15. The normalized spacial score (nSPS) is 12.1. The van der Waals surface area contributed by atoms with Gasteiger partial charge in [0.25, 0.3) is 0 Å². The van der Waals surface area contributed by atoms with Crippen molar-refractivity contribution >= 4 is 5.91 Å². The molecule has 1 atom stereocenters. The number of carbonyl (C=O) groups is 1. The summed E-state index contributed by atoms with van der Waals surface area (Å²) in [5.41, 5.74) is 1.09. The van der Waals surface area contributed by atoms with E-state index in [2.05, 4.69) is 22.2 Å². The summed E-state index contributed by atoms with van der Waals surface area (Å²) in [6.45, 7) is 4.65. The first-order chi connectivity index (χ1) is 9.70. The molecule has 0 bridgehead atoms. The molecule has 5 nitrogen and oxygen atoms in total. The highest BCUT2D eigenvalue weighted by molar-refractivity contribution is 5.76. The van der Waals surface area contributed by atoms with Crippen molar-refractivity contribution in [2.24, 2.45) is 0 Å². The first-order valence-electron chi connectivity index (χ1n) is 6.87. The molecule has 0 unspecified atom stereocenters. The number of imidazole rings is 1. The number of amides is 1. The van der Waals surface area contributed by atoms with Crippen LogP contribution in [0.15, 0.2) is 36.9 Å². The lowest BCUT2D eigenvalue weighted by Crippen LogP contribution is -2.28. The van der Waals surface area contributed by atoms with E-state index in [4.69, 9.17) is 0 Å². The third-order valence-electron chi connectivity index (χ3n) is 3.36. The number of hydrogen-bond acceptors (Lipinski definition) is 3. The Balaban J connectivity index is 1.88. The van der Waals surface area contributed by atoms with Gasteiger partial charge in [0.05, 0.1) is 6.04 Å². The molecular formula is C15H20N4O. The molecule has 106 valence electrons. The van der Waals surface area contributed by atoms with Gasteiger partial charge in [-0.25, -0.2) is 4.98 Å². The van der Waals surface area contributed by atoms with Crippen LogP contribution in [0.2, 0.25) is 0 Å². The van der Waals surface area contributed by atoms with Crippen LogP contribution < -0.4 is 5.32 Å². The van der Waals surface area contributed by atoms with Crippen molar-refractivity contribution in [3.05, 3.63) is 48.3 Å². The van der Waals surface area contributed by atoms with E-state index in [0.717, 1.165) is 17.8 Å². The van der Waals surface area contributed by atoms with Gasteiger partial charge in [-0.2, -0.15) is 0 Å². The van der Waals surface area contributed by atoms with Crippen LogP contribution in [0, 0.1) is 6.92 Å². The summed E-state index contributed by atoms with van der Waals surface area (Å²) in [5.74, 6) is 0.987. The van der Waals surface area contributed by atoms with Gasteiger partial charge in [0.1, 0.15) is 5.82 Å². The van der Waals surface area contributed by atoms with Gasteiger partial charge in [0.15, 0.2) is 0 Å². The van der Waals surface area contributed by atoms with Crippen molar-refractivity contribution in [2.45, 2.75) is 39.3 Å². The van der Waals surface area contributed by atoms with E-state index in [9.17, 15) is 4.79 Å². The fourth-order valence-electron chi connectivity index (χ4n) is 2.15. The van der Waals surface area contributed by atoms with Gasteiger partial charge in [0.2, 0.25) is 5.91 Å². The van der Waals surface area contributed by atoms with Crippen molar-refractivity contribution < 1.29 is 4.79 Å². The predicted octanol–water partition coefficient (Wildman–Crippen LogP) is 2.24. The largest absolute Gasteiger partial charge is 0.349 e. The molecule has 0 saturated heterocycles. The molecule has 0 fully saturated rings. The standard InChI is InChI=1S/C15H20N4O/c1-3-14(13-4-7-16-8-5-13)18-15(20)6-10-19-11-9-17-12(19)2/h4-5,7-9,11,14H,3,6,10H2,1-2H3,(H,18,20)/t14-/m1/s1. The Bertz CT molecular complexity index is 550. The van der Waals surface area contributed by atoms with Crippen molar-refractivity contribution in [3.63, 3.8) is 0 Å². The fraction of sp³-hybridized carbons (Fsp3) is 0.400. The average Bonchev–Trinajstić information content (AvgIpc) is 2.89. The summed E-state index contributed by atoms with van der Waals surface area (Å²) in [6.07, 6.45) is 8.46. The predicted molar refractivity (Wildman–Crippen MR) is 77.0 cm³/mol. The molecule has 2 aromatic heterocycles. The maximum Gasteiger partial charge on any atom is 0.222 e. The third kappa shape index (κ3) is 3.66.